The van der Waals surface area contributed by atoms with Crippen LogP contribution in [0.1, 0.15) is 19.8 Å². The van der Waals surface area contributed by atoms with Crippen molar-refractivity contribution in [3.05, 3.63) is 0 Å². The van der Waals surface area contributed by atoms with Crippen LogP contribution >= 0.6 is 0 Å². The molecule has 3 heteroatoms. The van der Waals surface area contributed by atoms with Crippen molar-refractivity contribution < 1.29 is 9.90 Å². The van der Waals surface area contributed by atoms with Gasteiger partial charge in [0.1, 0.15) is 0 Å². The Hall–Kier alpha value is -0.570. The van der Waals surface area contributed by atoms with Crippen molar-refractivity contribution in [1.29, 1.82) is 0 Å². The zero-order valence-electron chi connectivity index (χ0n) is 5.42. The SMILES string of the molecule is CC1C[C@]1(N)CC(=O)O. The topological polar surface area (TPSA) is 63.3 Å². The molecule has 1 rings (SSSR count). The van der Waals surface area contributed by atoms with Crippen molar-refractivity contribution in [2.45, 2.75) is 25.3 Å². The summed E-state index contributed by atoms with van der Waals surface area (Å²) in [4.78, 5) is 10.1. The molecule has 0 spiro atoms. The van der Waals surface area contributed by atoms with Crippen LogP contribution in [0, 0.1) is 5.92 Å². The molecule has 0 radical (unpaired) electrons. The highest BCUT2D eigenvalue weighted by molar-refractivity contribution is 5.69. The average Bonchev–Trinajstić information content (AvgIpc) is 2.10. The van der Waals surface area contributed by atoms with E-state index in [4.69, 9.17) is 10.8 Å². The minimum absolute atomic E-state index is 0.119. The molecule has 1 fully saturated rings. The number of rotatable bonds is 2. The van der Waals surface area contributed by atoms with Gasteiger partial charge in [-0.2, -0.15) is 0 Å². The number of carboxylic acid groups (broad SMARTS) is 1. The van der Waals surface area contributed by atoms with Crippen LogP contribution in [0.25, 0.3) is 0 Å². The fourth-order valence-electron chi connectivity index (χ4n) is 1.04. The maximum atomic E-state index is 10.1. The summed E-state index contributed by atoms with van der Waals surface area (Å²) in [6.45, 7) is 1.98. The lowest BCUT2D eigenvalue weighted by Gasteiger charge is -2.03. The predicted molar refractivity (Wildman–Crippen MR) is 33.0 cm³/mol. The summed E-state index contributed by atoms with van der Waals surface area (Å²) in [6.07, 6.45) is 0.980. The molecule has 0 heterocycles. The van der Waals surface area contributed by atoms with Crippen molar-refractivity contribution in [3.8, 4) is 0 Å². The second-order valence-electron chi connectivity index (χ2n) is 2.91. The molecule has 0 amide bonds. The van der Waals surface area contributed by atoms with E-state index in [-0.39, 0.29) is 12.0 Å². The van der Waals surface area contributed by atoms with Gasteiger partial charge in [0.2, 0.25) is 0 Å². The number of nitrogens with two attached hydrogens (primary N) is 1. The lowest BCUT2D eigenvalue weighted by molar-refractivity contribution is -0.137. The van der Waals surface area contributed by atoms with Crippen molar-refractivity contribution in [1.82, 2.24) is 0 Å². The quantitative estimate of drug-likeness (QED) is 0.559. The number of carbonyl (C=O) groups is 1. The summed E-state index contributed by atoms with van der Waals surface area (Å²) in [5.41, 5.74) is 5.24. The van der Waals surface area contributed by atoms with E-state index in [2.05, 4.69) is 0 Å². The Morgan fingerprint density at radius 2 is 2.44 bits per heavy atom. The van der Waals surface area contributed by atoms with Gasteiger partial charge in [-0.3, -0.25) is 4.79 Å². The zero-order valence-corrected chi connectivity index (χ0v) is 5.42. The maximum absolute atomic E-state index is 10.1. The van der Waals surface area contributed by atoms with Gasteiger partial charge < -0.3 is 10.8 Å². The Kier molecular flexibility index (Phi) is 1.24. The largest absolute Gasteiger partial charge is 0.481 e. The van der Waals surface area contributed by atoms with E-state index in [1.165, 1.54) is 0 Å². The summed E-state index contributed by atoms with van der Waals surface area (Å²) >= 11 is 0. The molecule has 0 aromatic heterocycles. The molecule has 0 aromatic carbocycles. The van der Waals surface area contributed by atoms with E-state index in [1.54, 1.807) is 0 Å². The van der Waals surface area contributed by atoms with Gasteiger partial charge in [0.25, 0.3) is 0 Å². The third-order valence-electron chi connectivity index (χ3n) is 1.99. The van der Waals surface area contributed by atoms with Crippen LogP contribution in [-0.4, -0.2) is 16.6 Å². The zero-order chi connectivity index (χ0) is 7.07. The van der Waals surface area contributed by atoms with Crippen molar-refractivity contribution in [2.75, 3.05) is 0 Å². The Morgan fingerprint density at radius 3 is 2.56 bits per heavy atom. The molecule has 3 N–H and O–H groups in total. The van der Waals surface area contributed by atoms with E-state index >= 15 is 0 Å². The summed E-state index contributed by atoms with van der Waals surface area (Å²) < 4.78 is 0. The minimum Gasteiger partial charge on any atom is -0.481 e. The Balaban J connectivity index is 2.37. The van der Waals surface area contributed by atoms with Crippen LogP contribution < -0.4 is 5.73 Å². The van der Waals surface area contributed by atoms with E-state index in [0.29, 0.717) is 5.92 Å². The van der Waals surface area contributed by atoms with Crippen LogP contribution in [0.5, 0.6) is 0 Å². The highest BCUT2D eigenvalue weighted by Crippen LogP contribution is 2.42. The lowest BCUT2D eigenvalue weighted by Crippen LogP contribution is -2.27. The first-order valence-electron chi connectivity index (χ1n) is 3.05. The van der Waals surface area contributed by atoms with Gasteiger partial charge in [-0.15, -0.1) is 0 Å². The van der Waals surface area contributed by atoms with Crippen molar-refractivity contribution in [2.24, 2.45) is 11.7 Å². The molecule has 0 bridgehead atoms. The van der Waals surface area contributed by atoms with Gasteiger partial charge in [0.05, 0.1) is 6.42 Å². The van der Waals surface area contributed by atoms with Gasteiger partial charge in [-0.05, 0) is 12.3 Å². The first-order chi connectivity index (χ1) is 4.04. The third kappa shape index (κ3) is 1.21. The summed E-state index contributed by atoms with van der Waals surface area (Å²) in [5, 5.41) is 8.33. The first-order valence-corrected chi connectivity index (χ1v) is 3.05. The predicted octanol–water partition coefficient (Wildman–Crippen LogP) is 0.198. The molecular formula is C6H11NO2. The molecule has 2 atom stereocenters. The van der Waals surface area contributed by atoms with Crippen LogP contribution in [0.15, 0.2) is 0 Å². The third-order valence-corrected chi connectivity index (χ3v) is 1.99. The molecule has 0 saturated heterocycles. The monoisotopic (exact) mass is 129 g/mol. The highest BCUT2D eigenvalue weighted by atomic mass is 16.4. The van der Waals surface area contributed by atoms with Crippen molar-refractivity contribution >= 4 is 5.97 Å². The molecule has 1 saturated carbocycles. The molecule has 0 aromatic rings. The molecule has 3 nitrogen and oxygen atoms in total. The second-order valence-corrected chi connectivity index (χ2v) is 2.91. The van der Waals surface area contributed by atoms with Gasteiger partial charge in [-0.1, -0.05) is 6.92 Å². The lowest BCUT2D eigenvalue weighted by atomic mass is 10.1. The van der Waals surface area contributed by atoms with E-state index in [1.807, 2.05) is 6.92 Å². The van der Waals surface area contributed by atoms with Gasteiger partial charge in [0, 0.05) is 5.54 Å². The Labute approximate surface area is 53.9 Å². The molecule has 9 heavy (non-hydrogen) atoms. The van der Waals surface area contributed by atoms with Crippen molar-refractivity contribution in [3.63, 3.8) is 0 Å². The van der Waals surface area contributed by atoms with Crippen LogP contribution in [0.3, 0.4) is 0 Å². The molecule has 1 aliphatic rings. The highest BCUT2D eigenvalue weighted by Gasteiger charge is 2.48. The number of aliphatic carboxylic acids is 1. The van der Waals surface area contributed by atoms with Crippen LogP contribution in [-0.2, 0) is 4.79 Å². The minimum atomic E-state index is -0.790. The second kappa shape index (κ2) is 1.70. The molecule has 1 unspecified atom stereocenters. The first kappa shape index (κ1) is 6.55. The van der Waals surface area contributed by atoms with E-state index < -0.39 is 5.97 Å². The van der Waals surface area contributed by atoms with Gasteiger partial charge in [0.15, 0.2) is 0 Å². The standard InChI is InChI=1S/C6H11NO2/c1-4-2-6(4,7)3-5(8)9/h4H,2-3,7H2,1H3,(H,8,9)/t4?,6-/m0/s1. The smallest absolute Gasteiger partial charge is 0.305 e. The molecule has 1 aliphatic carbocycles. The molecule has 0 aliphatic heterocycles. The summed E-state index contributed by atoms with van der Waals surface area (Å²) in [7, 11) is 0. The number of hydrogen-bond donors (Lipinski definition) is 2. The van der Waals surface area contributed by atoms with Crippen LogP contribution in [0.4, 0.5) is 0 Å². The average molecular weight is 129 g/mol. The fraction of sp³-hybridized carbons (Fsp3) is 0.833. The Morgan fingerprint density at radius 1 is 2.00 bits per heavy atom. The number of carboxylic acids is 1. The van der Waals surface area contributed by atoms with Gasteiger partial charge >= 0.3 is 5.97 Å². The van der Waals surface area contributed by atoms with E-state index in [9.17, 15) is 4.79 Å². The Bertz CT molecular complexity index is 146. The summed E-state index contributed by atoms with van der Waals surface area (Å²) in [6, 6.07) is 0. The van der Waals surface area contributed by atoms with E-state index in [0.717, 1.165) is 6.42 Å². The summed E-state index contributed by atoms with van der Waals surface area (Å²) in [5.74, 6) is -0.393. The van der Waals surface area contributed by atoms with Crippen LogP contribution in [0.2, 0.25) is 0 Å². The molecular weight excluding hydrogens is 118 g/mol. The molecule has 52 valence electrons. The normalized spacial score (nSPS) is 40.4. The van der Waals surface area contributed by atoms with Gasteiger partial charge in [-0.25, -0.2) is 0 Å². The number of hydrogen-bond acceptors (Lipinski definition) is 2. The maximum Gasteiger partial charge on any atom is 0.305 e. The fourth-order valence-corrected chi connectivity index (χ4v) is 1.04.